The van der Waals surface area contributed by atoms with Gasteiger partial charge in [0.1, 0.15) is 17.2 Å². The minimum absolute atomic E-state index is 0.0122. The van der Waals surface area contributed by atoms with Crippen LogP contribution in [0, 0.1) is 12.7 Å². The normalized spacial score (nSPS) is 11.7. The van der Waals surface area contributed by atoms with Gasteiger partial charge < -0.3 is 15.5 Å². The minimum atomic E-state index is -1.13. The number of rotatable bonds is 5. The number of hydrogen-bond donors (Lipinski definition) is 3. The summed E-state index contributed by atoms with van der Waals surface area (Å²) >= 11 is 6.56. The third kappa shape index (κ3) is 4.35. The summed E-state index contributed by atoms with van der Waals surface area (Å²) < 4.78 is 14.1. The maximum Gasteiger partial charge on any atom is 0.159 e. The molecule has 2 aromatic heterocycles. The third-order valence-electron chi connectivity index (χ3n) is 5.11. The summed E-state index contributed by atoms with van der Waals surface area (Å²) in [4.78, 5) is 13.1. The highest BCUT2D eigenvalue weighted by atomic mass is 35.5. The number of halogens is 2. The lowest BCUT2D eigenvalue weighted by Crippen LogP contribution is -2.19. The van der Waals surface area contributed by atoms with Crippen molar-refractivity contribution in [2.75, 3.05) is 5.32 Å². The number of pyridine rings is 1. The SMILES string of the molecule is Cc1nc2ccc(-c3cnc(C(C)(C)O)nc3)cc2c(NCc2cc(O)ccc2F)c1Cl. The fraction of sp³-hybridized carbons (Fsp3) is 0.208. The molecule has 32 heavy (non-hydrogen) atoms. The molecule has 0 radical (unpaired) electrons. The van der Waals surface area contributed by atoms with E-state index in [1.165, 1.54) is 18.2 Å². The van der Waals surface area contributed by atoms with Gasteiger partial charge in [-0.05, 0) is 56.7 Å². The van der Waals surface area contributed by atoms with Crippen molar-refractivity contribution >= 4 is 28.2 Å². The summed E-state index contributed by atoms with van der Waals surface area (Å²) in [5.41, 5.74) is 2.78. The van der Waals surface area contributed by atoms with Crippen LogP contribution >= 0.6 is 11.6 Å². The van der Waals surface area contributed by atoms with Crippen LogP contribution in [0.1, 0.15) is 30.9 Å². The topological polar surface area (TPSA) is 91.2 Å². The second-order valence-electron chi connectivity index (χ2n) is 8.10. The number of aromatic nitrogens is 3. The zero-order valence-corrected chi connectivity index (χ0v) is 18.6. The first kappa shape index (κ1) is 21.9. The van der Waals surface area contributed by atoms with E-state index >= 15 is 0 Å². The number of aromatic hydroxyl groups is 1. The van der Waals surface area contributed by atoms with E-state index in [9.17, 15) is 14.6 Å². The molecule has 0 atom stereocenters. The lowest BCUT2D eigenvalue weighted by atomic mass is 10.0. The van der Waals surface area contributed by atoms with Gasteiger partial charge in [0.15, 0.2) is 5.82 Å². The molecule has 0 aliphatic rings. The van der Waals surface area contributed by atoms with Crippen LogP contribution < -0.4 is 5.32 Å². The lowest BCUT2D eigenvalue weighted by molar-refractivity contribution is 0.0687. The Kier molecular flexibility index (Phi) is 5.71. The number of phenols is 1. The van der Waals surface area contributed by atoms with E-state index in [-0.39, 0.29) is 12.3 Å². The second kappa shape index (κ2) is 8.33. The molecule has 3 N–H and O–H groups in total. The molecule has 0 spiro atoms. The molecular formula is C24H22ClFN4O2. The summed E-state index contributed by atoms with van der Waals surface area (Å²) in [5, 5.41) is 24.1. The molecule has 0 saturated carbocycles. The minimum Gasteiger partial charge on any atom is -0.508 e. The molecule has 6 nitrogen and oxygen atoms in total. The van der Waals surface area contributed by atoms with Crippen molar-refractivity contribution in [1.29, 1.82) is 0 Å². The monoisotopic (exact) mass is 452 g/mol. The van der Waals surface area contributed by atoms with Gasteiger partial charge in [-0.25, -0.2) is 14.4 Å². The number of aliphatic hydroxyl groups is 1. The average molecular weight is 453 g/mol. The Labute approximate surface area is 189 Å². The Balaban J connectivity index is 1.75. The number of nitrogens with one attached hydrogen (secondary N) is 1. The smallest absolute Gasteiger partial charge is 0.159 e. The van der Waals surface area contributed by atoms with Crippen LogP contribution in [0.15, 0.2) is 48.8 Å². The van der Waals surface area contributed by atoms with Crippen LogP contribution in [0.2, 0.25) is 5.02 Å². The maximum absolute atomic E-state index is 14.1. The Morgan fingerprint density at radius 3 is 2.47 bits per heavy atom. The van der Waals surface area contributed by atoms with Crippen LogP contribution in [0.4, 0.5) is 10.1 Å². The van der Waals surface area contributed by atoms with Gasteiger partial charge in [0.05, 0.1) is 21.9 Å². The number of phenolic OH excluding ortho intramolecular Hbond substituents is 1. The van der Waals surface area contributed by atoms with E-state index in [0.29, 0.717) is 27.8 Å². The molecule has 0 bridgehead atoms. The fourth-order valence-electron chi connectivity index (χ4n) is 3.39. The summed E-state index contributed by atoms with van der Waals surface area (Å²) in [5.74, 6) is -0.106. The molecule has 4 rings (SSSR count). The maximum atomic E-state index is 14.1. The van der Waals surface area contributed by atoms with Crippen molar-refractivity contribution in [3.05, 3.63) is 76.7 Å². The van der Waals surface area contributed by atoms with Crippen molar-refractivity contribution in [2.24, 2.45) is 0 Å². The zero-order chi connectivity index (χ0) is 23.0. The fourth-order valence-corrected chi connectivity index (χ4v) is 3.60. The highest BCUT2D eigenvalue weighted by Crippen LogP contribution is 2.35. The molecular weight excluding hydrogens is 431 g/mol. The van der Waals surface area contributed by atoms with Crippen LogP contribution in [-0.4, -0.2) is 25.2 Å². The van der Waals surface area contributed by atoms with Gasteiger partial charge in [-0.2, -0.15) is 0 Å². The van der Waals surface area contributed by atoms with E-state index in [1.54, 1.807) is 33.2 Å². The molecule has 8 heteroatoms. The highest BCUT2D eigenvalue weighted by Gasteiger charge is 2.19. The van der Waals surface area contributed by atoms with Crippen molar-refractivity contribution in [3.8, 4) is 16.9 Å². The van der Waals surface area contributed by atoms with Crippen LogP contribution in [0.5, 0.6) is 5.75 Å². The predicted octanol–water partition coefficient (Wildman–Crippen LogP) is 5.34. The van der Waals surface area contributed by atoms with Crippen molar-refractivity contribution in [3.63, 3.8) is 0 Å². The molecule has 164 valence electrons. The molecule has 0 unspecified atom stereocenters. The van der Waals surface area contributed by atoms with Crippen molar-refractivity contribution in [1.82, 2.24) is 15.0 Å². The molecule has 2 heterocycles. The van der Waals surface area contributed by atoms with Crippen LogP contribution in [0.25, 0.3) is 22.0 Å². The molecule has 0 amide bonds. The summed E-state index contributed by atoms with van der Waals surface area (Å²) in [6, 6.07) is 9.59. The lowest BCUT2D eigenvalue weighted by Gasteiger charge is -2.16. The Bertz CT molecular complexity index is 1300. The Morgan fingerprint density at radius 2 is 1.78 bits per heavy atom. The first-order valence-corrected chi connectivity index (χ1v) is 10.4. The van der Waals surface area contributed by atoms with E-state index in [4.69, 9.17) is 11.6 Å². The average Bonchev–Trinajstić information content (AvgIpc) is 2.75. The van der Waals surface area contributed by atoms with Crippen LogP contribution in [-0.2, 0) is 12.1 Å². The largest absolute Gasteiger partial charge is 0.508 e. The van der Waals surface area contributed by atoms with E-state index in [1.807, 2.05) is 18.2 Å². The molecule has 0 aliphatic heterocycles. The van der Waals surface area contributed by atoms with Gasteiger partial charge in [-0.15, -0.1) is 0 Å². The molecule has 0 aliphatic carbocycles. The standard InChI is InChI=1S/C24H22ClFN4O2/c1-13-21(25)22(27-10-15-8-17(31)5-6-19(15)26)18-9-14(4-7-20(18)30-13)16-11-28-23(29-12-16)24(2,3)32/h4-9,11-12,31-32H,10H2,1-3H3,(H,27,30). The zero-order valence-electron chi connectivity index (χ0n) is 17.8. The summed E-state index contributed by atoms with van der Waals surface area (Å²) in [6.07, 6.45) is 3.31. The second-order valence-corrected chi connectivity index (χ2v) is 8.48. The molecule has 4 aromatic rings. The quantitative estimate of drug-likeness (QED) is 0.378. The van der Waals surface area contributed by atoms with Gasteiger partial charge in [-0.3, -0.25) is 4.98 Å². The molecule has 0 fully saturated rings. The Morgan fingerprint density at radius 1 is 1.06 bits per heavy atom. The van der Waals surface area contributed by atoms with Crippen LogP contribution in [0.3, 0.4) is 0 Å². The Hall–Kier alpha value is -3.29. The number of aryl methyl sites for hydroxylation is 1. The molecule has 2 aromatic carbocycles. The van der Waals surface area contributed by atoms with Crippen molar-refractivity contribution in [2.45, 2.75) is 32.9 Å². The predicted molar refractivity (Wildman–Crippen MR) is 123 cm³/mol. The van der Waals surface area contributed by atoms with Gasteiger partial charge in [0.25, 0.3) is 0 Å². The van der Waals surface area contributed by atoms with Gasteiger partial charge >= 0.3 is 0 Å². The number of fused-ring (bicyclic) bond motifs is 1. The van der Waals surface area contributed by atoms with Gasteiger partial charge in [0.2, 0.25) is 0 Å². The van der Waals surface area contributed by atoms with Gasteiger partial charge in [-0.1, -0.05) is 17.7 Å². The number of hydrogen-bond acceptors (Lipinski definition) is 6. The number of anilines is 1. The summed E-state index contributed by atoms with van der Waals surface area (Å²) in [6.45, 7) is 5.19. The first-order valence-electron chi connectivity index (χ1n) is 10.00. The number of benzene rings is 2. The van der Waals surface area contributed by atoms with E-state index in [0.717, 1.165) is 22.0 Å². The van der Waals surface area contributed by atoms with Crippen molar-refractivity contribution < 1.29 is 14.6 Å². The third-order valence-corrected chi connectivity index (χ3v) is 5.57. The first-order chi connectivity index (χ1) is 15.1. The highest BCUT2D eigenvalue weighted by molar-refractivity contribution is 6.35. The number of nitrogens with zero attached hydrogens (tertiary/aromatic N) is 3. The van der Waals surface area contributed by atoms with E-state index < -0.39 is 11.4 Å². The summed E-state index contributed by atoms with van der Waals surface area (Å²) in [7, 11) is 0. The van der Waals surface area contributed by atoms with Gasteiger partial charge in [0, 0.05) is 35.5 Å². The molecule has 0 saturated heterocycles. The van der Waals surface area contributed by atoms with E-state index in [2.05, 4.69) is 20.3 Å².